The van der Waals surface area contributed by atoms with E-state index in [1.165, 1.54) is 0 Å². The molecule has 1 N–H and O–H groups in total. The first-order chi connectivity index (χ1) is 8.25. The molecule has 0 amide bonds. The average molecular weight is 236 g/mol. The zero-order valence-corrected chi connectivity index (χ0v) is 10.5. The van der Waals surface area contributed by atoms with Crippen LogP contribution in [0, 0.1) is 0 Å². The highest BCUT2D eigenvalue weighted by Gasteiger charge is 2.44. The third kappa shape index (κ3) is 2.39. The molecule has 0 aliphatic heterocycles. The van der Waals surface area contributed by atoms with Gasteiger partial charge in [-0.05, 0) is 44.4 Å². The molecule has 1 aliphatic rings. The van der Waals surface area contributed by atoms with Crippen LogP contribution in [0.3, 0.4) is 0 Å². The van der Waals surface area contributed by atoms with Crippen LogP contribution in [0.4, 0.5) is 0 Å². The van der Waals surface area contributed by atoms with Gasteiger partial charge in [-0.3, -0.25) is 0 Å². The topological polar surface area (TPSA) is 38.7 Å². The van der Waals surface area contributed by atoms with Crippen molar-refractivity contribution in [3.05, 3.63) is 23.8 Å². The number of benzene rings is 1. The standard InChI is InChI=1S/C14H20O3/c1-3-16-12-6-5-11(9-13(12)17-4-2)14(10-15)7-8-14/h5-6,9,15H,3-4,7-8,10H2,1-2H3. The Morgan fingerprint density at radius 3 is 2.29 bits per heavy atom. The van der Waals surface area contributed by atoms with Crippen LogP contribution in [-0.2, 0) is 5.41 Å². The zero-order valence-electron chi connectivity index (χ0n) is 10.5. The first-order valence-electron chi connectivity index (χ1n) is 6.26. The molecule has 1 fully saturated rings. The highest BCUT2D eigenvalue weighted by Crippen LogP contribution is 2.49. The van der Waals surface area contributed by atoms with E-state index in [1.54, 1.807) is 0 Å². The quantitative estimate of drug-likeness (QED) is 0.824. The number of aliphatic hydroxyl groups is 1. The van der Waals surface area contributed by atoms with Gasteiger partial charge in [0, 0.05) is 5.41 Å². The third-order valence-electron chi connectivity index (χ3n) is 3.31. The molecule has 0 saturated heterocycles. The summed E-state index contributed by atoms with van der Waals surface area (Å²) in [4.78, 5) is 0. The molecule has 1 aliphatic carbocycles. The normalized spacial score (nSPS) is 16.6. The van der Waals surface area contributed by atoms with Crippen molar-refractivity contribution in [3.63, 3.8) is 0 Å². The Labute approximate surface area is 102 Å². The molecule has 94 valence electrons. The van der Waals surface area contributed by atoms with E-state index in [0.717, 1.165) is 29.9 Å². The van der Waals surface area contributed by atoms with Gasteiger partial charge < -0.3 is 14.6 Å². The van der Waals surface area contributed by atoms with Gasteiger partial charge in [0.25, 0.3) is 0 Å². The first-order valence-corrected chi connectivity index (χ1v) is 6.26. The molecule has 1 aromatic carbocycles. The number of rotatable bonds is 6. The summed E-state index contributed by atoms with van der Waals surface area (Å²) in [5, 5.41) is 9.43. The largest absolute Gasteiger partial charge is 0.490 e. The van der Waals surface area contributed by atoms with Crippen LogP contribution >= 0.6 is 0 Å². The molecule has 0 heterocycles. The lowest BCUT2D eigenvalue weighted by Crippen LogP contribution is -2.12. The Hall–Kier alpha value is -1.22. The minimum Gasteiger partial charge on any atom is -0.490 e. The monoisotopic (exact) mass is 236 g/mol. The Morgan fingerprint density at radius 1 is 1.12 bits per heavy atom. The Balaban J connectivity index is 2.28. The lowest BCUT2D eigenvalue weighted by molar-refractivity contribution is 0.253. The van der Waals surface area contributed by atoms with Crippen molar-refractivity contribution in [1.82, 2.24) is 0 Å². The second kappa shape index (κ2) is 4.96. The second-order valence-corrected chi connectivity index (χ2v) is 4.47. The Morgan fingerprint density at radius 2 is 1.76 bits per heavy atom. The van der Waals surface area contributed by atoms with E-state index in [9.17, 15) is 5.11 Å². The summed E-state index contributed by atoms with van der Waals surface area (Å²) in [6.07, 6.45) is 2.12. The van der Waals surface area contributed by atoms with Crippen LogP contribution in [0.25, 0.3) is 0 Å². The predicted octanol–water partition coefficient (Wildman–Crippen LogP) is 2.51. The van der Waals surface area contributed by atoms with E-state index in [-0.39, 0.29) is 12.0 Å². The SMILES string of the molecule is CCOc1ccc(C2(CO)CC2)cc1OCC. The van der Waals surface area contributed by atoms with E-state index in [1.807, 2.05) is 32.0 Å². The van der Waals surface area contributed by atoms with E-state index in [0.29, 0.717) is 13.2 Å². The van der Waals surface area contributed by atoms with Crippen LogP contribution in [0.1, 0.15) is 32.3 Å². The van der Waals surface area contributed by atoms with Gasteiger partial charge in [-0.2, -0.15) is 0 Å². The molecule has 3 heteroatoms. The van der Waals surface area contributed by atoms with Gasteiger partial charge in [-0.25, -0.2) is 0 Å². The summed E-state index contributed by atoms with van der Waals surface area (Å²) in [6, 6.07) is 5.99. The van der Waals surface area contributed by atoms with Crippen molar-refractivity contribution in [2.75, 3.05) is 19.8 Å². The van der Waals surface area contributed by atoms with E-state index >= 15 is 0 Å². The second-order valence-electron chi connectivity index (χ2n) is 4.47. The summed E-state index contributed by atoms with van der Waals surface area (Å²) in [6.45, 7) is 5.38. The molecular formula is C14H20O3. The third-order valence-corrected chi connectivity index (χ3v) is 3.31. The van der Waals surface area contributed by atoms with Gasteiger partial charge in [-0.1, -0.05) is 6.07 Å². The van der Waals surface area contributed by atoms with Crippen molar-refractivity contribution in [1.29, 1.82) is 0 Å². The van der Waals surface area contributed by atoms with E-state index in [2.05, 4.69) is 0 Å². The highest BCUT2D eigenvalue weighted by atomic mass is 16.5. The van der Waals surface area contributed by atoms with Crippen molar-refractivity contribution in [3.8, 4) is 11.5 Å². The molecule has 0 atom stereocenters. The fraction of sp³-hybridized carbons (Fsp3) is 0.571. The number of ether oxygens (including phenoxy) is 2. The predicted molar refractivity (Wildman–Crippen MR) is 66.8 cm³/mol. The maximum Gasteiger partial charge on any atom is 0.161 e. The van der Waals surface area contributed by atoms with Gasteiger partial charge in [0.05, 0.1) is 19.8 Å². The van der Waals surface area contributed by atoms with Gasteiger partial charge in [0.2, 0.25) is 0 Å². The summed E-state index contributed by atoms with van der Waals surface area (Å²) in [5.74, 6) is 1.57. The summed E-state index contributed by atoms with van der Waals surface area (Å²) in [5.41, 5.74) is 1.14. The fourth-order valence-electron chi connectivity index (χ4n) is 2.07. The van der Waals surface area contributed by atoms with Crippen molar-refractivity contribution < 1.29 is 14.6 Å². The molecule has 0 radical (unpaired) electrons. The average Bonchev–Trinajstić information content (AvgIpc) is 3.13. The summed E-state index contributed by atoms with van der Waals surface area (Å²) in [7, 11) is 0. The van der Waals surface area contributed by atoms with Crippen LogP contribution in [0.2, 0.25) is 0 Å². The molecule has 3 nitrogen and oxygen atoms in total. The molecule has 0 bridgehead atoms. The summed E-state index contributed by atoms with van der Waals surface area (Å²) < 4.78 is 11.1. The van der Waals surface area contributed by atoms with E-state index in [4.69, 9.17) is 9.47 Å². The maximum atomic E-state index is 9.43. The molecule has 0 spiro atoms. The van der Waals surface area contributed by atoms with Crippen molar-refractivity contribution >= 4 is 0 Å². The van der Waals surface area contributed by atoms with Crippen LogP contribution in [-0.4, -0.2) is 24.9 Å². The van der Waals surface area contributed by atoms with Gasteiger partial charge >= 0.3 is 0 Å². The van der Waals surface area contributed by atoms with E-state index < -0.39 is 0 Å². The van der Waals surface area contributed by atoms with Crippen molar-refractivity contribution in [2.45, 2.75) is 32.1 Å². The molecular weight excluding hydrogens is 216 g/mol. The van der Waals surface area contributed by atoms with Crippen LogP contribution < -0.4 is 9.47 Å². The summed E-state index contributed by atoms with van der Waals surface area (Å²) >= 11 is 0. The lowest BCUT2D eigenvalue weighted by atomic mass is 9.96. The van der Waals surface area contributed by atoms with Crippen LogP contribution in [0.15, 0.2) is 18.2 Å². The van der Waals surface area contributed by atoms with Gasteiger partial charge in [0.15, 0.2) is 11.5 Å². The lowest BCUT2D eigenvalue weighted by Gasteiger charge is -2.16. The molecule has 2 rings (SSSR count). The van der Waals surface area contributed by atoms with Crippen molar-refractivity contribution in [2.24, 2.45) is 0 Å². The van der Waals surface area contributed by atoms with Gasteiger partial charge in [-0.15, -0.1) is 0 Å². The minimum atomic E-state index is -0.0173. The molecule has 0 unspecified atom stereocenters. The van der Waals surface area contributed by atoms with Crippen LogP contribution in [0.5, 0.6) is 11.5 Å². The van der Waals surface area contributed by atoms with Gasteiger partial charge in [0.1, 0.15) is 0 Å². The maximum absolute atomic E-state index is 9.43. The fourth-order valence-corrected chi connectivity index (χ4v) is 2.07. The highest BCUT2D eigenvalue weighted by molar-refractivity contribution is 5.47. The number of aliphatic hydroxyl groups excluding tert-OH is 1. The Kier molecular flexibility index (Phi) is 3.57. The number of hydrogen-bond acceptors (Lipinski definition) is 3. The first kappa shape index (κ1) is 12.2. The Bertz CT molecular complexity index is 383. The zero-order chi connectivity index (χ0) is 12.3. The number of hydrogen-bond donors (Lipinski definition) is 1. The molecule has 17 heavy (non-hydrogen) atoms. The smallest absolute Gasteiger partial charge is 0.161 e. The molecule has 1 aromatic rings. The molecule has 1 saturated carbocycles. The minimum absolute atomic E-state index is 0.0173. The molecule has 0 aromatic heterocycles.